The number of hydrogen-bond donors (Lipinski definition) is 1. The van der Waals surface area contributed by atoms with E-state index in [0.29, 0.717) is 6.10 Å². The van der Waals surface area contributed by atoms with E-state index in [0.717, 1.165) is 25.0 Å². The summed E-state index contributed by atoms with van der Waals surface area (Å²) in [6.45, 7) is 9.72. The Morgan fingerprint density at radius 3 is 2.57 bits per heavy atom. The lowest BCUT2D eigenvalue weighted by molar-refractivity contribution is 0.0539. The highest BCUT2D eigenvalue weighted by molar-refractivity contribution is 4.74. The minimum absolute atomic E-state index is 0.415. The highest BCUT2D eigenvalue weighted by atomic mass is 16.5. The van der Waals surface area contributed by atoms with E-state index >= 15 is 0 Å². The van der Waals surface area contributed by atoms with E-state index in [-0.39, 0.29) is 0 Å². The maximum absolute atomic E-state index is 5.69. The van der Waals surface area contributed by atoms with Gasteiger partial charge in [-0.15, -0.1) is 0 Å². The summed E-state index contributed by atoms with van der Waals surface area (Å²) < 4.78 is 5.69. The van der Waals surface area contributed by atoms with Gasteiger partial charge in [-0.25, -0.2) is 0 Å². The van der Waals surface area contributed by atoms with Gasteiger partial charge in [-0.1, -0.05) is 13.8 Å². The van der Waals surface area contributed by atoms with Crippen LogP contribution in [-0.2, 0) is 4.74 Å². The van der Waals surface area contributed by atoms with Crippen LogP contribution in [0.4, 0.5) is 0 Å². The van der Waals surface area contributed by atoms with E-state index < -0.39 is 0 Å². The summed E-state index contributed by atoms with van der Waals surface area (Å²) in [6, 6.07) is 0. The normalized spacial score (nSPS) is 18.9. The van der Waals surface area contributed by atoms with Crippen molar-refractivity contribution in [1.82, 2.24) is 5.32 Å². The molecule has 0 spiro atoms. The molecule has 1 unspecified atom stereocenters. The van der Waals surface area contributed by atoms with Gasteiger partial charge in [0.15, 0.2) is 0 Å². The van der Waals surface area contributed by atoms with Crippen LogP contribution in [0.1, 0.15) is 40.0 Å². The van der Waals surface area contributed by atoms with E-state index in [9.17, 15) is 0 Å². The fraction of sp³-hybridized carbons (Fsp3) is 1.00. The van der Waals surface area contributed by atoms with E-state index in [1.54, 1.807) is 0 Å². The fourth-order valence-electron chi connectivity index (χ4n) is 1.69. The monoisotopic (exact) mass is 199 g/mol. The molecular weight excluding hydrogens is 174 g/mol. The van der Waals surface area contributed by atoms with Gasteiger partial charge in [0, 0.05) is 6.54 Å². The summed E-state index contributed by atoms with van der Waals surface area (Å²) in [7, 11) is 0. The second-order valence-electron chi connectivity index (χ2n) is 4.96. The standard InChI is InChI=1S/C12H25NO/c1-10(2)8-11(3)14-7-6-13-9-12-4-5-12/h10-13H,4-9H2,1-3H3. The molecule has 0 saturated heterocycles. The summed E-state index contributed by atoms with van der Waals surface area (Å²) in [6.07, 6.45) is 4.44. The molecule has 2 nitrogen and oxygen atoms in total. The number of hydrogen-bond acceptors (Lipinski definition) is 2. The van der Waals surface area contributed by atoms with Crippen LogP contribution in [-0.4, -0.2) is 25.8 Å². The van der Waals surface area contributed by atoms with Crippen LogP contribution < -0.4 is 5.32 Å². The first kappa shape index (κ1) is 12.0. The van der Waals surface area contributed by atoms with Crippen molar-refractivity contribution >= 4 is 0 Å². The zero-order chi connectivity index (χ0) is 10.4. The average molecular weight is 199 g/mol. The minimum atomic E-state index is 0.415. The first-order valence-corrected chi connectivity index (χ1v) is 6.00. The molecule has 1 saturated carbocycles. The van der Waals surface area contributed by atoms with Crippen LogP contribution in [0.25, 0.3) is 0 Å². The Morgan fingerprint density at radius 2 is 2.00 bits per heavy atom. The number of nitrogens with one attached hydrogen (secondary N) is 1. The van der Waals surface area contributed by atoms with Gasteiger partial charge in [-0.2, -0.15) is 0 Å². The van der Waals surface area contributed by atoms with Gasteiger partial charge in [-0.3, -0.25) is 0 Å². The van der Waals surface area contributed by atoms with Crippen molar-refractivity contribution in [3.05, 3.63) is 0 Å². The quantitative estimate of drug-likeness (QED) is 0.606. The highest BCUT2D eigenvalue weighted by Crippen LogP contribution is 2.27. The third-order valence-electron chi connectivity index (χ3n) is 2.61. The maximum atomic E-state index is 5.69. The second kappa shape index (κ2) is 6.41. The number of ether oxygens (including phenoxy) is 1. The predicted molar refractivity (Wildman–Crippen MR) is 60.5 cm³/mol. The molecule has 0 aliphatic heterocycles. The van der Waals surface area contributed by atoms with Crippen LogP contribution >= 0.6 is 0 Å². The van der Waals surface area contributed by atoms with Gasteiger partial charge in [-0.05, 0) is 44.6 Å². The summed E-state index contributed by atoms with van der Waals surface area (Å²) in [5.74, 6) is 1.72. The molecule has 84 valence electrons. The molecule has 0 aromatic carbocycles. The molecule has 1 aliphatic rings. The van der Waals surface area contributed by atoms with E-state index in [2.05, 4.69) is 26.1 Å². The Hall–Kier alpha value is -0.0800. The fourth-order valence-corrected chi connectivity index (χ4v) is 1.69. The molecule has 2 heteroatoms. The van der Waals surface area contributed by atoms with Crippen molar-refractivity contribution in [2.75, 3.05) is 19.7 Å². The third kappa shape index (κ3) is 6.39. The molecule has 0 bridgehead atoms. The van der Waals surface area contributed by atoms with Gasteiger partial charge in [0.1, 0.15) is 0 Å². The molecule has 1 rings (SSSR count). The molecule has 0 aromatic heterocycles. The Labute approximate surface area is 88.4 Å². The van der Waals surface area contributed by atoms with Crippen LogP contribution in [0.3, 0.4) is 0 Å². The number of rotatable bonds is 8. The summed E-state index contributed by atoms with van der Waals surface area (Å²) in [5, 5.41) is 3.43. The molecular formula is C12H25NO. The van der Waals surface area contributed by atoms with Crippen LogP contribution in [0.15, 0.2) is 0 Å². The van der Waals surface area contributed by atoms with E-state index in [4.69, 9.17) is 4.74 Å². The highest BCUT2D eigenvalue weighted by Gasteiger charge is 2.19. The van der Waals surface area contributed by atoms with Gasteiger partial charge >= 0.3 is 0 Å². The van der Waals surface area contributed by atoms with E-state index in [1.807, 2.05) is 0 Å². The average Bonchev–Trinajstić information content (AvgIpc) is 2.86. The topological polar surface area (TPSA) is 21.3 Å². The van der Waals surface area contributed by atoms with Gasteiger partial charge in [0.2, 0.25) is 0 Å². The van der Waals surface area contributed by atoms with Crippen molar-refractivity contribution in [3.8, 4) is 0 Å². The zero-order valence-electron chi connectivity index (χ0n) is 9.88. The van der Waals surface area contributed by atoms with Gasteiger partial charge in [0.25, 0.3) is 0 Å². The zero-order valence-corrected chi connectivity index (χ0v) is 9.88. The predicted octanol–water partition coefficient (Wildman–Crippen LogP) is 2.44. The minimum Gasteiger partial charge on any atom is -0.377 e. The van der Waals surface area contributed by atoms with Crippen molar-refractivity contribution in [2.24, 2.45) is 11.8 Å². The van der Waals surface area contributed by atoms with Crippen molar-refractivity contribution < 1.29 is 4.74 Å². The van der Waals surface area contributed by atoms with Gasteiger partial charge < -0.3 is 10.1 Å². The van der Waals surface area contributed by atoms with E-state index in [1.165, 1.54) is 25.8 Å². The lowest BCUT2D eigenvalue weighted by Gasteiger charge is -2.15. The van der Waals surface area contributed by atoms with Gasteiger partial charge in [0.05, 0.1) is 12.7 Å². The summed E-state index contributed by atoms with van der Waals surface area (Å²) in [4.78, 5) is 0. The molecule has 1 N–H and O–H groups in total. The molecule has 14 heavy (non-hydrogen) atoms. The lowest BCUT2D eigenvalue weighted by atomic mass is 10.1. The van der Waals surface area contributed by atoms with Crippen LogP contribution in [0.2, 0.25) is 0 Å². The van der Waals surface area contributed by atoms with Crippen molar-refractivity contribution in [1.29, 1.82) is 0 Å². The Bertz CT molecular complexity index is 143. The Morgan fingerprint density at radius 1 is 1.29 bits per heavy atom. The maximum Gasteiger partial charge on any atom is 0.0594 e. The van der Waals surface area contributed by atoms with Crippen molar-refractivity contribution in [3.63, 3.8) is 0 Å². The smallest absolute Gasteiger partial charge is 0.0594 e. The first-order valence-electron chi connectivity index (χ1n) is 6.00. The molecule has 1 atom stereocenters. The third-order valence-corrected chi connectivity index (χ3v) is 2.61. The largest absolute Gasteiger partial charge is 0.377 e. The molecule has 0 aromatic rings. The first-order chi connectivity index (χ1) is 6.68. The summed E-state index contributed by atoms with van der Waals surface area (Å²) >= 11 is 0. The lowest BCUT2D eigenvalue weighted by Crippen LogP contribution is -2.24. The molecule has 1 aliphatic carbocycles. The molecule has 1 fully saturated rings. The van der Waals surface area contributed by atoms with Crippen LogP contribution in [0.5, 0.6) is 0 Å². The molecule has 0 heterocycles. The molecule has 0 amide bonds. The second-order valence-corrected chi connectivity index (χ2v) is 4.96. The summed E-state index contributed by atoms with van der Waals surface area (Å²) in [5.41, 5.74) is 0. The molecule has 0 radical (unpaired) electrons. The SMILES string of the molecule is CC(C)CC(C)OCCNCC1CC1. The van der Waals surface area contributed by atoms with Crippen molar-refractivity contribution in [2.45, 2.75) is 46.1 Å². The Kier molecular flexibility index (Phi) is 5.49. The van der Waals surface area contributed by atoms with Crippen LogP contribution in [0, 0.1) is 11.8 Å². The Balaban J connectivity index is 1.81.